The first-order chi connectivity index (χ1) is 8.54. The molecule has 0 bridgehead atoms. The molecule has 0 saturated heterocycles. The summed E-state index contributed by atoms with van der Waals surface area (Å²) < 4.78 is 5.62. The van der Waals surface area contributed by atoms with Gasteiger partial charge in [-0.05, 0) is 25.5 Å². The second-order valence-corrected chi connectivity index (χ2v) is 4.03. The summed E-state index contributed by atoms with van der Waals surface area (Å²) in [5, 5.41) is 0. The fourth-order valence-corrected chi connectivity index (χ4v) is 1.62. The third-order valence-electron chi connectivity index (χ3n) is 2.40. The van der Waals surface area contributed by atoms with Crippen molar-refractivity contribution < 1.29 is 4.74 Å². The Hall–Kier alpha value is -2.37. The number of nitrogens with zero attached hydrogens (tertiary/aromatic N) is 3. The normalized spacial score (nSPS) is 10.3. The lowest BCUT2D eigenvalue weighted by atomic mass is 10.1. The van der Waals surface area contributed by atoms with Crippen molar-refractivity contribution in [1.82, 2.24) is 15.0 Å². The van der Waals surface area contributed by atoms with Crippen molar-refractivity contribution in [1.29, 1.82) is 0 Å². The van der Waals surface area contributed by atoms with Crippen LogP contribution in [0.25, 0.3) is 0 Å². The van der Waals surface area contributed by atoms with Crippen LogP contribution in [0, 0.1) is 13.8 Å². The minimum Gasteiger partial charge on any atom is -0.485 e. The molecule has 0 amide bonds. The Morgan fingerprint density at radius 1 is 1.06 bits per heavy atom. The molecule has 0 aliphatic heterocycles. The quantitative estimate of drug-likeness (QED) is 0.843. The van der Waals surface area contributed by atoms with Gasteiger partial charge in [0.15, 0.2) is 5.82 Å². The lowest BCUT2D eigenvalue weighted by Crippen LogP contribution is -2.09. The predicted octanol–water partition coefficient (Wildman–Crippen LogP) is 1.23. The average Bonchev–Trinajstić information content (AvgIpc) is 2.26. The van der Waals surface area contributed by atoms with Gasteiger partial charge < -0.3 is 16.2 Å². The van der Waals surface area contributed by atoms with E-state index in [0.717, 1.165) is 11.3 Å². The highest BCUT2D eigenvalue weighted by Gasteiger charge is 2.04. The van der Waals surface area contributed by atoms with E-state index >= 15 is 0 Å². The number of benzene rings is 1. The van der Waals surface area contributed by atoms with Crippen LogP contribution in [-0.2, 0) is 6.61 Å². The van der Waals surface area contributed by atoms with Gasteiger partial charge in [0.1, 0.15) is 12.4 Å². The average molecular weight is 245 g/mol. The summed E-state index contributed by atoms with van der Waals surface area (Å²) in [5.74, 6) is 1.40. The van der Waals surface area contributed by atoms with Crippen LogP contribution in [0.4, 0.5) is 11.9 Å². The Morgan fingerprint density at radius 2 is 1.72 bits per heavy atom. The molecule has 0 atom stereocenters. The van der Waals surface area contributed by atoms with E-state index in [9.17, 15) is 0 Å². The molecule has 2 aromatic rings. The minimum atomic E-state index is 0.0988. The molecule has 1 heterocycles. The van der Waals surface area contributed by atoms with E-state index in [2.05, 4.69) is 15.0 Å². The summed E-state index contributed by atoms with van der Waals surface area (Å²) >= 11 is 0. The molecule has 0 spiro atoms. The maximum atomic E-state index is 5.62. The Morgan fingerprint density at radius 3 is 2.33 bits per heavy atom. The minimum absolute atomic E-state index is 0.0988. The molecule has 4 N–H and O–H groups in total. The fraction of sp³-hybridized carbons (Fsp3) is 0.250. The third-order valence-corrected chi connectivity index (χ3v) is 2.40. The second kappa shape index (κ2) is 4.87. The molecule has 0 aliphatic rings. The number of aryl methyl sites for hydroxylation is 2. The van der Waals surface area contributed by atoms with Gasteiger partial charge in [-0.25, -0.2) is 0 Å². The van der Waals surface area contributed by atoms with Crippen LogP contribution in [0.3, 0.4) is 0 Å². The van der Waals surface area contributed by atoms with E-state index in [4.69, 9.17) is 16.2 Å². The number of nitrogen functional groups attached to an aromatic ring is 2. The molecule has 0 unspecified atom stereocenters. The largest absolute Gasteiger partial charge is 0.485 e. The fourth-order valence-electron chi connectivity index (χ4n) is 1.62. The lowest BCUT2D eigenvalue weighted by Gasteiger charge is -2.09. The highest BCUT2D eigenvalue weighted by Crippen LogP contribution is 2.19. The van der Waals surface area contributed by atoms with Crippen LogP contribution < -0.4 is 16.2 Å². The topological polar surface area (TPSA) is 99.9 Å². The molecule has 0 aliphatic carbocycles. The maximum Gasteiger partial charge on any atom is 0.225 e. The van der Waals surface area contributed by atoms with E-state index in [1.165, 1.54) is 5.56 Å². The molecule has 0 radical (unpaired) electrons. The van der Waals surface area contributed by atoms with Crippen molar-refractivity contribution in [2.45, 2.75) is 20.5 Å². The van der Waals surface area contributed by atoms with Crippen molar-refractivity contribution in [3.63, 3.8) is 0 Å². The predicted molar refractivity (Wildman–Crippen MR) is 68.9 cm³/mol. The molecule has 6 nitrogen and oxygen atoms in total. The maximum absolute atomic E-state index is 5.62. The van der Waals surface area contributed by atoms with Crippen LogP contribution in [0.1, 0.15) is 17.0 Å². The summed E-state index contributed by atoms with van der Waals surface area (Å²) in [5.41, 5.74) is 13.2. The van der Waals surface area contributed by atoms with Gasteiger partial charge in [0.25, 0.3) is 0 Å². The van der Waals surface area contributed by atoms with Gasteiger partial charge in [0.2, 0.25) is 11.9 Å². The third kappa shape index (κ3) is 2.85. The van der Waals surface area contributed by atoms with Gasteiger partial charge in [-0.3, -0.25) is 0 Å². The number of nitrogens with two attached hydrogens (primary N) is 2. The van der Waals surface area contributed by atoms with Crippen molar-refractivity contribution in [3.8, 4) is 5.75 Å². The molecular formula is C12H15N5O. The summed E-state index contributed by atoms with van der Waals surface area (Å²) in [7, 11) is 0. The van der Waals surface area contributed by atoms with Gasteiger partial charge in [-0.15, -0.1) is 0 Å². The Labute approximate surface area is 105 Å². The summed E-state index contributed by atoms with van der Waals surface area (Å²) in [6.07, 6.45) is 0. The number of hydrogen-bond acceptors (Lipinski definition) is 6. The lowest BCUT2D eigenvalue weighted by molar-refractivity contribution is 0.294. The van der Waals surface area contributed by atoms with E-state index in [1.807, 2.05) is 32.0 Å². The SMILES string of the molecule is Cc1ccc(OCc2nc(N)nc(N)n2)c(C)c1. The molecule has 1 aromatic heterocycles. The van der Waals surface area contributed by atoms with Crippen LogP contribution in [0.2, 0.25) is 0 Å². The first-order valence-corrected chi connectivity index (χ1v) is 5.50. The molecule has 0 fully saturated rings. The zero-order chi connectivity index (χ0) is 13.1. The molecule has 6 heteroatoms. The van der Waals surface area contributed by atoms with Crippen molar-refractivity contribution in [3.05, 3.63) is 35.2 Å². The van der Waals surface area contributed by atoms with Gasteiger partial charge in [-0.1, -0.05) is 17.7 Å². The Bertz CT molecular complexity index is 550. The second-order valence-electron chi connectivity index (χ2n) is 4.03. The van der Waals surface area contributed by atoms with Gasteiger partial charge >= 0.3 is 0 Å². The van der Waals surface area contributed by atoms with Crippen molar-refractivity contribution >= 4 is 11.9 Å². The number of rotatable bonds is 3. The Balaban J connectivity index is 2.11. The zero-order valence-electron chi connectivity index (χ0n) is 10.3. The number of ether oxygens (including phenoxy) is 1. The van der Waals surface area contributed by atoms with Gasteiger partial charge in [0, 0.05) is 0 Å². The molecule has 1 aromatic carbocycles. The van der Waals surface area contributed by atoms with Crippen LogP contribution >= 0.6 is 0 Å². The molecule has 2 rings (SSSR count). The van der Waals surface area contributed by atoms with Crippen LogP contribution in [0.15, 0.2) is 18.2 Å². The van der Waals surface area contributed by atoms with Crippen LogP contribution in [-0.4, -0.2) is 15.0 Å². The number of aromatic nitrogens is 3. The smallest absolute Gasteiger partial charge is 0.225 e. The Kier molecular flexibility index (Phi) is 3.27. The first kappa shape index (κ1) is 12.1. The first-order valence-electron chi connectivity index (χ1n) is 5.50. The summed E-state index contributed by atoms with van der Waals surface area (Å²) in [6, 6.07) is 5.95. The van der Waals surface area contributed by atoms with Gasteiger partial charge in [-0.2, -0.15) is 15.0 Å². The highest BCUT2D eigenvalue weighted by molar-refractivity contribution is 5.35. The zero-order valence-corrected chi connectivity index (χ0v) is 10.3. The van der Waals surface area contributed by atoms with Crippen LogP contribution in [0.5, 0.6) is 5.75 Å². The van der Waals surface area contributed by atoms with Crippen molar-refractivity contribution in [2.75, 3.05) is 11.5 Å². The van der Waals surface area contributed by atoms with Gasteiger partial charge in [0.05, 0.1) is 0 Å². The monoisotopic (exact) mass is 245 g/mol. The number of anilines is 2. The van der Waals surface area contributed by atoms with E-state index in [0.29, 0.717) is 5.82 Å². The molecule has 94 valence electrons. The molecular weight excluding hydrogens is 230 g/mol. The van der Waals surface area contributed by atoms with E-state index in [1.54, 1.807) is 0 Å². The number of hydrogen-bond donors (Lipinski definition) is 2. The molecule has 0 saturated carbocycles. The summed E-state index contributed by atoms with van der Waals surface area (Å²) in [6.45, 7) is 4.23. The summed E-state index contributed by atoms with van der Waals surface area (Å²) in [4.78, 5) is 11.6. The highest BCUT2D eigenvalue weighted by atomic mass is 16.5. The van der Waals surface area contributed by atoms with E-state index < -0.39 is 0 Å². The molecule has 18 heavy (non-hydrogen) atoms. The van der Waals surface area contributed by atoms with E-state index in [-0.39, 0.29) is 18.5 Å². The van der Waals surface area contributed by atoms with Crippen molar-refractivity contribution in [2.24, 2.45) is 0 Å². The standard InChI is InChI=1S/C12H15N5O/c1-7-3-4-9(8(2)5-7)18-6-10-15-11(13)17-12(14)16-10/h3-5H,6H2,1-2H3,(H4,13,14,15,16,17).